The van der Waals surface area contributed by atoms with Crippen molar-refractivity contribution in [2.75, 3.05) is 13.2 Å². The molecule has 3 nitrogen and oxygen atoms in total. The zero-order valence-corrected chi connectivity index (χ0v) is 14.6. The van der Waals surface area contributed by atoms with Crippen molar-refractivity contribution >= 4 is 0 Å². The van der Waals surface area contributed by atoms with Crippen LogP contribution in [0, 0.1) is 45.3 Å². The van der Waals surface area contributed by atoms with Gasteiger partial charge in [-0.05, 0) is 84.9 Å². The summed E-state index contributed by atoms with van der Waals surface area (Å²) < 4.78 is 0. The lowest BCUT2D eigenvalue weighted by molar-refractivity contribution is -0.209. The third-order valence-electron chi connectivity index (χ3n) is 9.87. The topological polar surface area (TPSA) is 60.7 Å². The van der Waals surface area contributed by atoms with Gasteiger partial charge in [-0.2, -0.15) is 0 Å². The fourth-order valence-electron chi connectivity index (χ4n) is 9.09. The highest BCUT2D eigenvalue weighted by molar-refractivity contribution is 5.27. The standard InChI is InChI=1S/C20H32O3/c1-17-6-12(23)7-20(10-21,11-22)15(17)3-4-19-8-14-13(5-16(17)19)18(14,2)9-19/h12-16,21-23H,3-11H2,1-2H3/t12-,13+,14?,15-,16-,17+,18+,19-/m0/s1. The molecule has 6 saturated carbocycles. The lowest BCUT2D eigenvalue weighted by atomic mass is 9.39. The van der Waals surface area contributed by atoms with Crippen molar-refractivity contribution in [2.45, 2.75) is 64.9 Å². The molecule has 8 atom stereocenters. The van der Waals surface area contributed by atoms with Gasteiger partial charge in [0.1, 0.15) is 0 Å². The molecule has 3 N–H and O–H groups in total. The van der Waals surface area contributed by atoms with Crippen LogP contribution in [0.15, 0.2) is 0 Å². The van der Waals surface area contributed by atoms with Gasteiger partial charge >= 0.3 is 0 Å². The van der Waals surface area contributed by atoms with Crippen molar-refractivity contribution in [1.82, 2.24) is 0 Å². The molecule has 1 spiro atoms. The van der Waals surface area contributed by atoms with E-state index in [0.717, 1.165) is 24.7 Å². The third kappa shape index (κ3) is 1.54. The van der Waals surface area contributed by atoms with Crippen LogP contribution in [0.4, 0.5) is 0 Å². The van der Waals surface area contributed by atoms with Crippen LogP contribution in [0.1, 0.15) is 58.8 Å². The molecule has 23 heavy (non-hydrogen) atoms. The first-order valence-electron chi connectivity index (χ1n) is 9.73. The van der Waals surface area contributed by atoms with Crippen molar-refractivity contribution in [3.8, 4) is 0 Å². The van der Waals surface area contributed by atoms with Gasteiger partial charge in [0.15, 0.2) is 0 Å². The summed E-state index contributed by atoms with van der Waals surface area (Å²) in [4.78, 5) is 0. The summed E-state index contributed by atoms with van der Waals surface area (Å²) in [6, 6.07) is 0. The zero-order chi connectivity index (χ0) is 16.3. The fourth-order valence-corrected chi connectivity index (χ4v) is 9.09. The molecule has 0 aromatic carbocycles. The van der Waals surface area contributed by atoms with Crippen LogP contribution in [-0.4, -0.2) is 34.6 Å². The van der Waals surface area contributed by atoms with Crippen molar-refractivity contribution < 1.29 is 15.3 Å². The highest BCUT2D eigenvalue weighted by Gasteiger charge is 2.78. The largest absolute Gasteiger partial charge is 0.396 e. The summed E-state index contributed by atoms with van der Waals surface area (Å²) >= 11 is 0. The van der Waals surface area contributed by atoms with E-state index in [0.29, 0.717) is 29.1 Å². The van der Waals surface area contributed by atoms with E-state index in [-0.39, 0.29) is 24.7 Å². The SMILES string of the molecule is C[C@@]12C[C@H](O)CC(CO)(CO)[C@H]1CC[C@@]13CC4[C@@H](C[C@H]12)[C@@]4(C)C3. The molecule has 1 unspecified atom stereocenters. The maximum absolute atomic E-state index is 10.6. The van der Waals surface area contributed by atoms with Gasteiger partial charge in [0.05, 0.1) is 19.3 Å². The second-order valence-corrected chi connectivity index (χ2v) is 10.6. The molecule has 6 rings (SSSR count). The van der Waals surface area contributed by atoms with Crippen molar-refractivity contribution in [2.24, 2.45) is 45.3 Å². The van der Waals surface area contributed by atoms with Gasteiger partial charge in [0, 0.05) is 5.41 Å². The van der Waals surface area contributed by atoms with E-state index in [4.69, 9.17) is 0 Å². The monoisotopic (exact) mass is 320 g/mol. The smallest absolute Gasteiger partial charge is 0.0552 e. The van der Waals surface area contributed by atoms with E-state index in [1.807, 2.05) is 0 Å². The van der Waals surface area contributed by atoms with E-state index in [2.05, 4.69) is 13.8 Å². The second kappa shape index (κ2) is 4.16. The molecule has 4 bridgehead atoms. The van der Waals surface area contributed by atoms with Gasteiger partial charge in [0.25, 0.3) is 0 Å². The number of fused-ring (bicyclic) bond motifs is 1. The van der Waals surface area contributed by atoms with Crippen LogP contribution in [0.2, 0.25) is 0 Å². The van der Waals surface area contributed by atoms with Gasteiger partial charge in [0.2, 0.25) is 0 Å². The average Bonchev–Trinajstić information content (AvgIpc) is 2.96. The minimum absolute atomic E-state index is 0.0182. The summed E-state index contributed by atoms with van der Waals surface area (Å²) in [5.41, 5.74) is 0.767. The quantitative estimate of drug-likeness (QED) is 0.733. The maximum Gasteiger partial charge on any atom is 0.0552 e. The van der Waals surface area contributed by atoms with Gasteiger partial charge in [-0.1, -0.05) is 13.8 Å². The zero-order valence-electron chi connectivity index (χ0n) is 14.6. The van der Waals surface area contributed by atoms with Crippen LogP contribution in [0.5, 0.6) is 0 Å². The van der Waals surface area contributed by atoms with Gasteiger partial charge in [-0.15, -0.1) is 0 Å². The number of hydrogen-bond donors (Lipinski definition) is 3. The van der Waals surface area contributed by atoms with Crippen LogP contribution < -0.4 is 0 Å². The summed E-state index contributed by atoms with van der Waals surface area (Å²) in [7, 11) is 0. The van der Waals surface area contributed by atoms with E-state index in [9.17, 15) is 15.3 Å². The molecule has 6 aliphatic carbocycles. The highest BCUT2D eigenvalue weighted by Crippen LogP contribution is 2.85. The molecular weight excluding hydrogens is 288 g/mol. The van der Waals surface area contributed by atoms with Crippen LogP contribution in [-0.2, 0) is 0 Å². The van der Waals surface area contributed by atoms with Gasteiger partial charge < -0.3 is 15.3 Å². The molecule has 6 aliphatic rings. The predicted octanol–water partition coefficient (Wildman–Crippen LogP) is 2.58. The predicted molar refractivity (Wildman–Crippen MR) is 87.5 cm³/mol. The Balaban J connectivity index is 1.56. The molecule has 0 aromatic rings. The minimum atomic E-state index is -0.471. The van der Waals surface area contributed by atoms with Crippen molar-refractivity contribution in [1.29, 1.82) is 0 Å². The van der Waals surface area contributed by atoms with Crippen LogP contribution in [0.3, 0.4) is 0 Å². The number of aliphatic hydroxyl groups excluding tert-OH is 3. The Labute approximate surface area is 139 Å². The van der Waals surface area contributed by atoms with E-state index in [1.54, 1.807) is 0 Å². The highest BCUT2D eigenvalue weighted by atomic mass is 16.3. The molecule has 0 saturated heterocycles. The third-order valence-corrected chi connectivity index (χ3v) is 9.87. The number of rotatable bonds is 2. The van der Waals surface area contributed by atoms with Crippen LogP contribution in [0.25, 0.3) is 0 Å². The minimum Gasteiger partial charge on any atom is -0.396 e. The normalized spacial score (nSPS) is 61.7. The van der Waals surface area contributed by atoms with E-state index in [1.165, 1.54) is 25.7 Å². The molecule has 6 fully saturated rings. The summed E-state index contributed by atoms with van der Waals surface area (Å²) in [6.07, 6.45) is 7.67. The molecule has 130 valence electrons. The Morgan fingerprint density at radius 1 is 0.913 bits per heavy atom. The number of aliphatic hydroxyl groups is 3. The lowest BCUT2D eigenvalue weighted by Gasteiger charge is -2.66. The Kier molecular flexibility index (Phi) is 2.74. The molecule has 0 amide bonds. The van der Waals surface area contributed by atoms with Crippen molar-refractivity contribution in [3.05, 3.63) is 0 Å². The average molecular weight is 320 g/mol. The molecule has 3 heteroatoms. The Morgan fingerprint density at radius 3 is 2.26 bits per heavy atom. The molecule has 0 aromatic heterocycles. The molecule has 0 heterocycles. The summed E-state index contributed by atoms with van der Waals surface area (Å²) in [6.45, 7) is 4.95. The second-order valence-electron chi connectivity index (χ2n) is 10.6. The maximum atomic E-state index is 10.6. The van der Waals surface area contributed by atoms with Crippen molar-refractivity contribution in [3.63, 3.8) is 0 Å². The fraction of sp³-hybridized carbons (Fsp3) is 1.00. The first kappa shape index (κ1) is 15.2. The summed E-state index contributed by atoms with van der Waals surface area (Å²) in [5.74, 6) is 2.96. The summed E-state index contributed by atoms with van der Waals surface area (Å²) in [5, 5.41) is 30.8. The first-order chi connectivity index (χ1) is 10.8. The Bertz CT molecular complexity index is 543. The van der Waals surface area contributed by atoms with Gasteiger partial charge in [-0.25, -0.2) is 0 Å². The number of hydrogen-bond acceptors (Lipinski definition) is 3. The van der Waals surface area contributed by atoms with Crippen LogP contribution >= 0.6 is 0 Å². The van der Waals surface area contributed by atoms with E-state index >= 15 is 0 Å². The van der Waals surface area contributed by atoms with Gasteiger partial charge in [-0.3, -0.25) is 0 Å². The first-order valence-corrected chi connectivity index (χ1v) is 9.73. The van der Waals surface area contributed by atoms with E-state index < -0.39 is 5.41 Å². The molecule has 0 radical (unpaired) electrons. The molecule has 0 aliphatic heterocycles. The lowest BCUT2D eigenvalue weighted by Crippen LogP contribution is -2.62. The Morgan fingerprint density at radius 2 is 1.65 bits per heavy atom. The Hall–Kier alpha value is -0.120. The molecular formula is C20H32O3.